The minimum absolute atomic E-state index is 0.583. The van der Waals surface area contributed by atoms with Crippen molar-refractivity contribution >= 4 is 19.0 Å². The molecule has 0 saturated carbocycles. The van der Waals surface area contributed by atoms with Crippen molar-refractivity contribution < 1.29 is 0 Å². The molecule has 2 heterocycles. The standard InChI is InChI=1S/C2H4Si2/c3-1-2(3)4-1/h3-4H2. The summed E-state index contributed by atoms with van der Waals surface area (Å²) in [6.45, 7) is 0. The van der Waals surface area contributed by atoms with Gasteiger partial charge >= 0.3 is 0 Å². The van der Waals surface area contributed by atoms with Gasteiger partial charge in [-0.15, -0.1) is 9.64 Å². The van der Waals surface area contributed by atoms with Crippen LogP contribution >= 0.6 is 0 Å². The largest absolute Gasteiger partial charge is 0.103 e. The molecule has 2 heteroatoms. The van der Waals surface area contributed by atoms with Crippen LogP contribution in [0.3, 0.4) is 0 Å². The van der Waals surface area contributed by atoms with Gasteiger partial charge < -0.3 is 0 Å². The Morgan fingerprint density at radius 1 is 1.00 bits per heavy atom. The highest BCUT2D eigenvalue weighted by molar-refractivity contribution is 7.13. The maximum absolute atomic E-state index is 2.03. The van der Waals surface area contributed by atoms with Gasteiger partial charge in [0.2, 0.25) is 0 Å². The Bertz CT molecular complexity index is 72.2. The van der Waals surface area contributed by atoms with Crippen LogP contribution in [0.5, 0.6) is 0 Å². The fraction of sp³-hybridized carbons (Fsp3) is 0. The molecule has 0 N–H and O–H groups in total. The van der Waals surface area contributed by atoms with Crippen LogP contribution in [0, 0.1) is 0 Å². The summed E-state index contributed by atoms with van der Waals surface area (Å²) in [6, 6.07) is 0. The van der Waals surface area contributed by atoms with Gasteiger partial charge in [-0.05, 0) is 0 Å². The Morgan fingerprint density at radius 2 is 1.25 bits per heavy atom. The zero-order valence-corrected chi connectivity index (χ0v) is 5.24. The first-order valence-electron chi connectivity index (χ1n) is 1.66. The van der Waals surface area contributed by atoms with Gasteiger partial charge in [-0.1, -0.05) is 0 Å². The molecule has 2 rings (SSSR count). The predicted molar refractivity (Wildman–Crippen MR) is 24.1 cm³/mol. The molecular formula is C2H4Si2. The SMILES string of the molecule is [SiH2]1C2=C1[SiH2]2. The van der Waals surface area contributed by atoms with Crippen molar-refractivity contribution in [2.45, 2.75) is 0 Å². The molecule has 0 aromatic rings. The second kappa shape index (κ2) is 0.224. The van der Waals surface area contributed by atoms with E-state index in [1.54, 1.807) is 0 Å². The number of hydrogen-bond acceptors (Lipinski definition) is 0. The topological polar surface area (TPSA) is 0 Å². The van der Waals surface area contributed by atoms with E-state index in [0.29, 0.717) is 19.0 Å². The summed E-state index contributed by atoms with van der Waals surface area (Å²) in [5, 5.41) is 0. The lowest BCUT2D eigenvalue weighted by molar-refractivity contribution is 2.81. The molecule has 20 valence electrons. The first-order chi connectivity index (χ1) is 1.97. The third-order valence-corrected chi connectivity index (χ3v) is 7.81. The Balaban J connectivity index is 2.77. The lowest BCUT2D eigenvalue weighted by atomic mass is 11.3. The van der Waals surface area contributed by atoms with Gasteiger partial charge in [0.1, 0.15) is 0 Å². The normalized spacial score (nSPS) is 30.0. The molecule has 0 atom stereocenters. The third-order valence-electron chi connectivity index (χ3n) is 1.10. The Kier molecular flexibility index (Phi) is 0.0881. The smallest absolute Gasteiger partial charge is 0.0654 e. The maximum Gasteiger partial charge on any atom is 0.0654 e. The minimum atomic E-state index is 0.583. The van der Waals surface area contributed by atoms with Crippen molar-refractivity contribution in [2.75, 3.05) is 0 Å². The quantitative estimate of drug-likeness (QED) is 0.313. The van der Waals surface area contributed by atoms with Gasteiger partial charge in [-0.2, -0.15) is 0 Å². The van der Waals surface area contributed by atoms with Crippen LogP contribution in [0.15, 0.2) is 9.64 Å². The van der Waals surface area contributed by atoms with Gasteiger partial charge in [0.15, 0.2) is 0 Å². The van der Waals surface area contributed by atoms with Crippen LogP contribution in [0.1, 0.15) is 0 Å². The zero-order valence-electron chi connectivity index (χ0n) is 2.41. The third kappa shape index (κ3) is 0.0448. The van der Waals surface area contributed by atoms with E-state index in [9.17, 15) is 0 Å². The summed E-state index contributed by atoms with van der Waals surface area (Å²) in [6.07, 6.45) is 0. The molecule has 0 nitrogen and oxygen atoms in total. The fourth-order valence-corrected chi connectivity index (χ4v) is 3.37. The molecule has 2 aliphatic heterocycles. The molecule has 0 saturated heterocycles. The van der Waals surface area contributed by atoms with Crippen molar-refractivity contribution in [1.82, 2.24) is 0 Å². The molecule has 0 fully saturated rings. The molecule has 0 aromatic heterocycles. The van der Waals surface area contributed by atoms with Crippen molar-refractivity contribution in [3.05, 3.63) is 9.64 Å². The Morgan fingerprint density at radius 3 is 1.25 bits per heavy atom. The number of hydrogen-bond donors (Lipinski definition) is 0. The highest BCUT2D eigenvalue weighted by Crippen LogP contribution is 2.34. The van der Waals surface area contributed by atoms with Crippen LogP contribution in [-0.4, -0.2) is 19.0 Å². The highest BCUT2D eigenvalue weighted by atomic mass is 28.3. The monoisotopic (exact) mass is 84.0 g/mol. The lowest BCUT2D eigenvalue weighted by Crippen LogP contribution is -1.85. The molecular weight excluding hydrogens is 80.2 g/mol. The Hall–Kier alpha value is 0.174. The second-order valence-electron chi connectivity index (χ2n) is 1.56. The van der Waals surface area contributed by atoms with E-state index in [1.165, 1.54) is 0 Å². The van der Waals surface area contributed by atoms with Gasteiger partial charge in [0.25, 0.3) is 0 Å². The van der Waals surface area contributed by atoms with E-state index in [1.807, 2.05) is 9.64 Å². The Labute approximate surface area is 29.6 Å². The molecule has 2 aliphatic rings. The van der Waals surface area contributed by atoms with E-state index in [4.69, 9.17) is 0 Å². The summed E-state index contributed by atoms with van der Waals surface area (Å²) in [7, 11) is 1.17. The molecule has 0 spiro atoms. The summed E-state index contributed by atoms with van der Waals surface area (Å²) >= 11 is 0. The van der Waals surface area contributed by atoms with E-state index in [2.05, 4.69) is 0 Å². The molecule has 0 radical (unpaired) electrons. The average Bonchev–Trinajstić information content (AvgIpc) is 1.36. The van der Waals surface area contributed by atoms with Crippen molar-refractivity contribution in [3.8, 4) is 0 Å². The van der Waals surface area contributed by atoms with E-state index in [0.717, 1.165) is 0 Å². The predicted octanol–water partition coefficient (Wildman–Crippen LogP) is -1.52. The summed E-state index contributed by atoms with van der Waals surface area (Å²) in [5.41, 5.74) is 0. The van der Waals surface area contributed by atoms with Crippen LogP contribution in [-0.2, 0) is 0 Å². The van der Waals surface area contributed by atoms with E-state index < -0.39 is 0 Å². The first-order valence-corrected chi connectivity index (χ1v) is 4.49. The summed E-state index contributed by atoms with van der Waals surface area (Å²) < 4.78 is 0. The molecule has 0 amide bonds. The van der Waals surface area contributed by atoms with Crippen molar-refractivity contribution in [2.24, 2.45) is 0 Å². The molecule has 0 unspecified atom stereocenters. The summed E-state index contributed by atoms with van der Waals surface area (Å²) in [4.78, 5) is 4.06. The molecule has 4 heavy (non-hydrogen) atoms. The first kappa shape index (κ1) is 1.57. The van der Waals surface area contributed by atoms with Crippen LogP contribution < -0.4 is 0 Å². The average molecular weight is 84.2 g/mol. The van der Waals surface area contributed by atoms with Crippen LogP contribution in [0.2, 0.25) is 0 Å². The molecule has 0 aromatic carbocycles. The maximum atomic E-state index is 2.03. The highest BCUT2D eigenvalue weighted by Gasteiger charge is 2.35. The van der Waals surface area contributed by atoms with Crippen molar-refractivity contribution in [3.63, 3.8) is 0 Å². The zero-order chi connectivity index (χ0) is 2.57. The minimum Gasteiger partial charge on any atom is -0.103 e. The van der Waals surface area contributed by atoms with Crippen LogP contribution in [0.25, 0.3) is 0 Å². The molecule has 0 bridgehead atoms. The van der Waals surface area contributed by atoms with Crippen LogP contribution in [0.4, 0.5) is 0 Å². The van der Waals surface area contributed by atoms with Crippen molar-refractivity contribution in [1.29, 1.82) is 0 Å². The second-order valence-corrected chi connectivity index (χ2v) is 7.68. The fourth-order valence-electron chi connectivity index (χ4n) is 0.375. The van der Waals surface area contributed by atoms with E-state index >= 15 is 0 Å². The summed E-state index contributed by atoms with van der Waals surface area (Å²) in [5.74, 6) is 0. The van der Waals surface area contributed by atoms with E-state index in [-0.39, 0.29) is 0 Å². The number of rotatable bonds is 0. The lowest BCUT2D eigenvalue weighted by Gasteiger charge is -1.68. The van der Waals surface area contributed by atoms with Gasteiger partial charge in [0, 0.05) is 0 Å². The molecule has 0 aliphatic carbocycles. The van der Waals surface area contributed by atoms with Gasteiger partial charge in [0.05, 0.1) is 19.0 Å². The van der Waals surface area contributed by atoms with Gasteiger partial charge in [-0.25, -0.2) is 0 Å². The van der Waals surface area contributed by atoms with Gasteiger partial charge in [-0.3, -0.25) is 0 Å².